The van der Waals surface area contributed by atoms with Gasteiger partial charge in [-0.2, -0.15) is 0 Å². The fourth-order valence-corrected chi connectivity index (χ4v) is 3.79. The Hall–Kier alpha value is -2.29. The Labute approximate surface area is 156 Å². The van der Waals surface area contributed by atoms with Crippen LogP contribution in [0.4, 0.5) is 0 Å². The van der Waals surface area contributed by atoms with Crippen LogP contribution in [0.1, 0.15) is 77.3 Å². The van der Waals surface area contributed by atoms with E-state index in [-0.39, 0.29) is 11.9 Å². The van der Waals surface area contributed by atoms with E-state index in [0.717, 1.165) is 28.9 Å². The van der Waals surface area contributed by atoms with Crippen molar-refractivity contribution in [1.82, 2.24) is 5.32 Å². The molecule has 0 radical (unpaired) electrons. The lowest BCUT2D eigenvalue weighted by molar-refractivity contribution is 0.0939. The van der Waals surface area contributed by atoms with Crippen LogP contribution in [-0.4, -0.2) is 13.0 Å². The smallest absolute Gasteiger partial charge is 0.252 e. The van der Waals surface area contributed by atoms with E-state index in [4.69, 9.17) is 4.74 Å². The molecule has 0 saturated carbocycles. The van der Waals surface area contributed by atoms with E-state index < -0.39 is 0 Å². The van der Waals surface area contributed by atoms with Gasteiger partial charge in [0.05, 0.1) is 13.2 Å². The van der Waals surface area contributed by atoms with Crippen LogP contribution in [0.2, 0.25) is 0 Å². The second-order valence-corrected chi connectivity index (χ2v) is 7.64. The van der Waals surface area contributed by atoms with Crippen molar-refractivity contribution in [2.24, 2.45) is 0 Å². The zero-order chi connectivity index (χ0) is 18.8. The van der Waals surface area contributed by atoms with E-state index in [1.807, 2.05) is 19.1 Å². The first-order chi connectivity index (χ1) is 12.4. The molecule has 1 amide bonds. The first-order valence-electron chi connectivity index (χ1n) is 9.51. The molecule has 3 heteroatoms. The first kappa shape index (κ1) is 18.5. The Morgan fingerprint density at radius 2 is 1.81 bits per heavy atom. The van der Waals surface area contributed by atoms with Crippen LogP contribution < -0.4 is 10.1 Å². The second-order valence-electron chi connectivity index (χ2n) is 7.64. The summed E-state index contributed by atoms with van der Waals surface area (Å²) in [5, 5.41) is 3.17. The van der Waals surface area contributed by atoms with Gasteiger partial charge in [0.2, 0.25) is 0 Å². The highest BCUT2D eigenvalue weighted by Gasteiger charge is 2.19. The molecule has 0 bridgehead atoms. The van der Waals surface area contributed by atoms with Crippen molar-refractivity contribution in [3.05, 3.63) is 63.7 Å². The van der Waals surface area contributed by atoms with Crippen molar-refractivity contribution < 1.29 is 9.53 Å². The third kappa shape index (κ3) is 3.62. The van der Waals surface area contributed by atoms with E-state index in [0.29, 0.717) is 5.92 Å². The molecule has 1 aliphatic carbocycles. The molecule has 1 N–H and O–H groups in total. The molecule has 138 valence electrons. The summed E-state index contributed by atoms with van der Waals surface area (Å²) < 4.78 is 5.48. The monoisotopic (exact) mass is 351 g/mol. The Bertz CT molecular complexity index is 823. The largest absolute Gasteiger partial charge is 0.496 e. The molecule has 0 spiro atoms. The number of nitrogens with one attached hydrogen (secondary N) is 1. The van der Waals surface area contributed by atoms with Crippen LogP contribution in [0.15, 0.2) is 30.3 Å². The highest BCUT2D eigenvalue weighted by atomic mass is 16.5. The number of benzene rings is 2. The maximum atomic E-state index is 12.9. The summed E-state index contributed by atoms with van der Waals surface area (Å²) in [4.78, 5) is 12.9. The average molecular weight is 351 g/mol. The SMILES string of the molecule is COc1cc(C)c(C(=O)NC(C)c2ccc3c(c2)CCC3)cc1C(C)C. The molecule has 0 aromatic heterocycles. The summed E-state index contributed by atoms with van der Waals surface area (Å²) in [6, 6.07) is 10.5. The lowest BCUT2D eigenvalue weighted by Crippen LogP contribution is -2.27. The molecular formula is C23H29NO2. The molecule has 3 nitrogen and oxygen atoms in total. The third-order valence-electron chi connectivity index (χ3n) is 5.41. The van der Waals surface area contributed by atoms with Gasteiger partial charge in [0.1, 0.15) is 5.75 Å². The van der Waals surface area contributed by atoms with Crippen LogP contribution >= 0.6 is 0 Å². The zero-order valence-corrected chi connectivity index (χ0v) is 16.5. The van der Waals surface area contributed by atoms with Crippen molar-refractivity contribution in [2.75, 3.05) is 7.11 Å². The number of ether oxygens (including phenoxy) is 1. The Balaban J connectivity index is 1.82. The number of methoxy groups -OCH3 is 1. The molecule has 3 rings (SSSR count). The van der Waals surface area contributed by atoms with Crippen molar-refractivity contribution in [3.8, 4) is 5.75 Å². The fourth-order valence-electron chi connectivity index (χ4n) is 3.79. The number of hydrogen-bond donors (Lipinski definition) is 1. The normalized spacial score (nSPS) is 14.2. The summed E-state index contributed by atoms with van der Waals surface area (Å²) in [6.07, 6.45) is 3.57. The number of amides is 1. The summed E-state index contributed by atoms with van der Waals surface area (Å²) >= 11 is 0. The molecule has 26 heavy (non-hydrogen) atoms. The fraction of sp³-hybridized carbons (Fsp3) is 0.435. The van der Waals surface area contributed by atoms with Gasteiger partial charge in [-0.05, 0) is 79.0 Å². The number of carbonyl (C=O) groups excluding carboxylic acids is 1. The minimum absolute atomic E-state index is 0.0163. The molecule has 0 fully saturated rings. The Morgan fingerprint density at radius 1 is 1.08 bits per heavy atom. The topological polar surface area (TPSA) is 38.3 Å². The second kappa shape index (κ2) is 7.53. The van der Waals surface area contributed by atoms with Gasteiger partial charge in [-0.25, -0.2) is 0 Å². The molecule has 0 saturated heterocycles. The van der Waals surface area contributed by atoms with Crippen LogP contribution in [0.5, 0.6) is 5.75 Å². The molecule has 0 heterocycles. The van der Waals surface area contributed by atoms with E-state index in [1.165, 1.54) is 29.5 Å². The van der Waals surface area contributed by atoms with Crippen molar-refractivity contribution >= 4 is 5.91 Å². The van der Waals surface area contributed by atoms with Gasteiger partial charge >= 0.3 is 0 Å². The van der Waals surface area contributed by atoms with Gasteiger partial charge in [-0.1, -0.05) is 32.0 Å². The molecular weight excluding hydrogens is 322 g/mol. The van der Waals surface area contributed by atoms with Crippen molar-refractivity contribution in [2.45, 2.75) is 58.9 Å². The predicted molar refractivity (Wildman–Crippen MR) is 106 cm³/mol. The van der Waals surface area contributed by atoms with Gasteiger partial charge in [0, 0.05) is 5.56 Å². The molecule has 2 aromatic carbocycles. The van der Waals surface area contributed by atoms with E-state index in [2.05, 4.69) is 44.3 Å². The van der Waals surface area contributed by atoms with Crippen molar-refractivity contribution in [1.29, 1.82) is 0 Å². The Morgan fingerprint density at radius 3 is 2.50 bits per heavy atom. The molecule has 2 aromatic rings. The number of aryl methyl sites for hydroxylation is 3. The minimum atomic E-state index is -0.0277. The molecule has 1 atom stereocenters. The number of hydrogen-bond acceptors (Lipinski definition) is 2. The minimum Gasteiger partial charge on any atom is -0.496 e. The molecule has 1 aliphatic rings. The number of fused-ring (bicyclic) bond motifs is 1. The van der Waals surface area contributed by atoms with Gasteiger partial charge in [-0.15, -0.1) is 0 Å². The maximum absolute atomic E-state index is 12.9. The van der Waals surface area contributed by atoms with Gasteiger partial charge in [0.25, 0.3) is 5.91 Å². The number of rotatable bonds is 5. The van der Waals surface area contributed by atoms with Gasteiger partial charge in [0.15, 0.2) is 0 Å². The highest BCUT2D eigenvalue weighted by molar-refractivity contribution is 5.96. The van der Waals surface area contributed by atoms with Crippen molar-refractivity contribution in [3.63, 3.8) is 0 Å². The summed E-state index contributed by atoms with van der Waals surface area (Å²) in [6.45, 7) is 8.24. The van der Waals surface area contributed by atoms with E-state index in [1.54, 1.807) is 7.11 Å². The van der Waals surface area contributed by atoms with Gasteiger partial charge in [-0.3, -0.25) is 4.79 Å². The van der Waals surface area contributed by atoms with Crippen LogP contribution in [-0.2, 0) is 12.8 Å². The highest BCUT2D eigenvalue weighted by Crippen LogP contribution is 2.30. The summed E-state index contributed by atoms with van der Waals surface area (Å²) in [5.41, 5.74) is 6.79. The van der Waals surface area contributed by atoms with Gasteiger partial charge < -0.3 is 10.1 Å². The standard InChI is InChI=1S/C23H29NO2/c1-14(2)20-13-21(15(3)11-22(20)26-5)23(25)24-16(4)18-10-9-17-7-6-8-19(17)12-18/h9-14,16H,6-8H2,1-5H3,(H,24,25). The van der Waals surface area contributed by atoms with Crippen LogP contribution in [0.3, 0.4) is 0 Å². The van der Waals surface area contributed by atoms with Crippen LogP contribution in [0, 0.1) is 6.92 Å². The average Bonchev–Trinajstić information content (AvgIpc) is 3.08. The quantitative estimate of drug-likeness (QED) is 0.813. The maximum Gasteiger partial charge on any atom is 0.252 e. The summed E-state index contributed by atoms with van der Waals surface area (Å²) in [7, 11) is 1.68. The first-order valence-corrected chi connectivity index (χ1v) is 9.51. The van der Waals surface area contributed by atoms with Crippen LogP contribution in [0.25, 0.3) is 0 Å². The molecule has 1 unspecified atom stereocenters. The van der Waals surface area contributed by atoms with E-state index in [9.17, 15) is 4.79 Å². The zero-order valence-electron chi connectivity index (χ0n) is 16.5. The Kier molecular flexibility index (Phi) is 5.36. The number of carbonyl (C=O) groups is 1. The lowest BCUT2D eigenvalue weighted by Gasteiger charge is -2.19. The lowest BCUT2D eigenvalue weighted by atomic mass is 9.95. The molecule has 0 aliphatic heterocycles. The van der Waals surface area contributed by atoms with E-state index >= 15 is 0 Å². The predicted octanol–water partition coefficient (Wildman–Crippen LogP) is 5.11. The summed E-state index contributed by atoms with van der Waals surface area (Å²) in [5.74, 6) is 1.12. The third-order valence-corrected chi connectivity index (χ3v) is 5.41.